The lowest BCUT2D eigenvalue weighted by Crippen LogP contribution is -2.49. The summed E-state index contributed by atoms with van der Waals surface area (Å²) in [5.74, 6) is 0.416. The highest BCUT2D eigenvalue weighted by Crippen LogP contribution is 2.22. The Balaban J connectivity index is 1.41. The Morgan fingerprint density at radius 1 is 1.00 bits per heavy atom. The van der Waals surface area contributed by atoms with E-state index < -0.39 is 0 Å². The van der Waals surface area contributed by atoms with Gasteiger partial charge in [0.25, 0.3) is 5.91 Å². The molecular formula is C20H17N5O2. The molecule has 2 heterocycles. The topological polar surface area (TPSA) is 86.3 Å². The van der Waals surface area contributed by atoms with E-state index in [0.717, 1.165) is 5.56 Å². The average Bonchev–Trinajstić information content (AvgIpc) is 3.24. The summed E-state index contributed by atoms with van der Waals surface area (Å²) in [6, 6.07) is 18.9. The summed E-state index contributed by atoms with van der Waals surface area (Å²) in [7, 11) is 0. The van der Waals surface area contributed by atoms with Crippen molar-refractivity contribution in [3.05, 3.63) is 65.7 Å². The SMILES string of the molecule is N#Cc1cccc(C(=O)N2CCN(c3nnc(-c4ccccc4)o3)CC2)c1. The van der Waals surface area contributed by atoms with E-state index in [1.54, 1.807) is 29.2 Å². The first-order chi connectivity index (χ1) is 13.2. The Kier molecular flexibility index (Phi) is 4.54. The van der Waals surface area contributed by atoms with E-state index in [0.29, 0.717) is 49.2 Å². The highest BCUT2D eigenvalue weighted by molar-refractivity contribution is 5.94. The van der Waals surface area contributed by atoms with Gasteiger partial charge < -0.3 is 14.2 Å². The van der Waals surface area contributed by atoms with Crippen molar-refractivity contribution in [1.29, 1.82) is 5.26 Å². The lowest BCUT2D eigenvalue weighted by molar-refractivity contribution is 0.0745. The monoisotopic (exact) mass is 359 g/mol. The number of nitriles is 1. The van der Waals surface area contributed by atoms with E-state index in [4.69, 9.17) is 9.68 Å². The van der Waals surface area contributed by atoms with Crippen molar-refractivity contribution in [2.75, 3.05) is 31.1 Å². The molecule has 7 nitrogen and oxygen atoms in total. The number of piperazine rings is 1. The van der Waals surface area contributed by atoms with E-state index in [1.165, 1.54) is 0 Å². The van der Waals surface area contributed by atoms with Gasteiger partial charge in [-0.3, -0.25) is 4.79 Å². The fourth-order valence-electron chi connectivity index (χ4n) is 3.05. The maximum atomic E-state index is 12.6. The van der Waals surface area contributed by atoms with Gasteiger partial charge in [-0.15, -0.1) is 5.10 Å². The zero-order chi connectivity index (χ0) is 18.6. The van der Waals surface area contributed by atoms with Gasteiger partial charge in [-0.1, -0.05) is 29.4 Å². The zero-order valence-corrected chi connectivity index (χ0v) is 14.6. The van der Waals surface area contributed by atoms with E-state index in [1.807, 2.05) is 35.2 Å². The van der Waals surface area contributed by atoms with Gasteiger partial charge in [0, 0.05) is 37.3 Å². The zero-order valence-electron chi connectivity index (χ0n) is 14.6. The molecule has 0 unspecified atom stereocenters. The predicted molar refractivity (Wildman–Crippen MR) is 99.0 cm³/mol. The number of amides is 1. The molecule has 1 amide bonds. The number of hydrogen-bond acceptors (Lipinski definition) is 6. The van der Waals surface area contributed by atoms with Crippen LogP contribution in [0.5, 0.6) is 0 Å². The van der Waals surface area contributed by atoms with Crippen LogP contribution in [0.3, 0.4) is 0 Å². The largest absolute Gasteiger partial charge is 0.403 e. The highest BCUT2D eigenvalue weighted by Gasteiger charge is 2.25. The summed E-state index contributed by atoms with van der Waals surface area (Å²) in [5, 5.41) is 17.2. The lowest BCUT2D eigenvalue weighted by atomic mass is 10.1. The third-order valence-electron chi connectivity index (χ3n) is 4.51. The Hall–Kier alpha value is -3.66. The normalized spacial score (nSPS) is 14.0. The van der Waals surface area contributed by atoms with E-state index in [2.05, 4.69) is 16.3 Å². The first kappa shape index (κ1) is 16.8. The minimum Gasteiger partial charge on any atom is -0.403 e. The molecule has 1 aromatic heterocycles. The number of carbonyl (C=O) groups excluding carboxylic acids is 1. The second-order valence-electron chi connectivity index (χ2n) is 6.23. The fraction of sp³-hybridized carbons (Fsp3) is 0.200. The van der Waals surface area contributed by atoms with Crippen molar-refractivity contribution in [3.63, 3.8) is 0 Å². The molecule has 4 rings (SSSR count). The minimum absolute atomic E-state index is 0.0674. The van der Waals surface area contributed by atoms with Crippen LogP contribution in [0.1, 0.15) is 15.9 Å². The van der Waals surface area contributed by atoms with Crippen LogP contribution in [-0.4, -0.2) is 47.2 Å². The van der Waals surface area contributed by atoms with Gasteiger partial charge in [0.15, 0.2) is 0 Å². The Morgan fingerprint density at radius 2 is 1.78 bits per heavy atom. The Bertz CT molecular complexity index is 985. The third-order valence-corrected chi connectivity index (χ3v) is 4.51. The van der Waals surface area contributed by atoms with E-state index in [9.17, 15) is 4.79 Å². The number of carbonyl (C=O) groups is 1. The molecule has 0 bridgehead atoms. The molecule has 134 valence electrons. The first-order valence-corrected chi connectivity index (χ1v) is 8.68. The fourth-order valence-corrected chi connectivity index (χ4v) is 3.05. The maximum Gasteiger partial charge on any atom is 0.318 e. The van der Waals surface area contributed by atoms with Crippen LogP contribution < -0.4 is 4.90 Å². The number of nitrogens with zero attached hydrogens (tertiary/aromatic N) is 5. The van der Waals surface area contributed by atoms with Crippen molar-refractivity contribution < 1.29 is 9.21 Å². The number of benzene rings is 2. The molecule has 1 fully saturated rings. The minimum atomic E-state index is -0.0674. The molecule has 3 aromatic rings. The summed E-state index contributed by atoms with van der Waals surface area (Å²) in [6.07, 6.45) is 0. The molecule has 0 aliphatic carbocycles. The summed E-state index contributed by atoms with van der Waals surface area (Å²) >= 11 is 0. The molecule has 1 aliphatic heterocycles. The van der Waals surface area contributed by atoms with Crippen LogP contribution >= 0.6 is 0 Å². The molecule has 7 heteroatoms. The van der Waals surface area contributed by atoms with Crippen LogP contribution in [0.2, 0.25) is 0 Å². The number of rotatable bonds is 3. The van der Waals surface area contributed by atoms with Crippen molar-refractivity contribution in [3.8, 4) is 17.5 Å². The van der Waals surface area contributed by atoms with Crippen molar-refractivity contribution >= 4 is 11.9 Å². The molecule has 0 atom stereocenters. The van der Waals surface area contributed by atoms with E-state index >= 15 is 0 Å². The number of aromatic nitrogens is 2. The molecular weight excluding hydrogens is 342 g/mol. The highest BCUT2D eigenvalue weighted by atomic mass is 16.4. The number of hydrogen-bond donors (Lipinski definition) is 0. The molecule has 0 N–H and O–H groups in total. The second-order valence-corrected chi connectivity index (χ2v) is 6.23. The lowest BCUT2D eigenvalue weighted by Gasteiger charge is -2.33. The van der Waals surface area contributed by atoms with E-state index in [-0.39, 0.29) is 5.91 Å². The summed E-state index contributed by atoms with van der Waals surface area (Å²) in [6.45, 7) is 2.33. The Labute approximate surface area is 156 Å². The molecule has 0 saturated carbocycles. The summed E-state index contributed by atoms with van der Waals surface area (Å²) < 4.78 is 5.78. The van der Waals surface area contributed by atoms with Crippen molar-refractivity contribution in [2.45, 2.75) is 0 Å². The maximum absolute atomic E-state index is 12.6. The molecule has 27 heavy (non-hydrogen) atoms. The quantitative estimate of drug-likeness (QED) is 0.714. The van der Waals surface area contributed by atoms with Gasteiger partial charge in [0.05, 0.1) is 11.6 Å². The molecule has 1 saturated heterocycles. The standard InChI is InChI=1S/C20H17N5O2/c21-14-15-5-4-8-17(13-15)19(26)24-9-11-25(12-10-24)20-23-22-18(27-20)16-6-2-1-3-7-16/h1-8,13H,9-12H2. The summed E-state index contributed by atoms with van der Waals surface area (Å²) in [4.78, 5) is 16.4. The molecule has 0 spiro atoms. The van der Waals surface area contributed by atoms with Gasteiger partial charge in [-0.05, 0) is 30.3 Å². The smallest absolute Gasteiger partial charge is 0.318 e. The number of anilines is 1. The van der Waals surface area contributed by atoms with Gasteiger partial charge in [-0.2, -0.15) is 5.26 Å². The molecule has 2 aromatic carbocycles. The van der Waals surface area contributed by atoms with Gasteiger partial charge in [0.1, 0.15) is 0 Å². The summed E-state index contributed by atoms with van der Waals surface area (Å²) in [5.41, 5.74) is 1.90. The van der Waals surface area contributed by atoms with Gasteiger partial charge >= 0.3 is 6.01 Å². The van der Waals surface area contributed by atoms with Gasteiger partial charge in [0.2, 0.25) is 5.89 Å². The van der Waals surface area contributed by atoms with Crippen LogP contribution in [0.4, 0.5) is 6.01 Å². The van der Waals surface area contributed by atoms with Crippen LogP contribution in [0.25, 0.3) is 11.5 Å². The van der Waals surface area contributed by atoms with Crippen molar-refractivity contribution in [1.82, 2.24) is 15.1 Å². The first-order valence-electron chi connectivity index (χ1n) is 8.68. The predicted octanol–water partition coefficient (Wildman–Crippen LogP) is 2.57. The van der Waals surface area contributed by atoms with Crippen molar-refractivity contribution in [2.24, 2.45) is 0 Å². The molecule has 0 radical (unpaired) electrons. The molecule has 1 aliphatic rings. The van der Waals surface area contributed by atoms with Crippen LogP contribution in [0.15, 0.2) is 59.0 Å². The third kappa shape index (κ3) is 3.51. The Morgan fingerprint density at radius 3 is 2.52 bits per heavy atom. The average molecular weight is 359 g/mol. The van der Waals surface area contributed by atoms with Crippen LogP contribution in [0, 0.1) is 11.3 Å². The van der Waals surface area contributed by atoms with Gasteiger partial charge in [-0.25, -0.2) is 0 Å². The second kappa shape index (κ2) is 7.30. The van der Waals surface area contributed by atoms with Crippen LogP contribution in [-0.2, 0) is 0 Å².